The van der Waals surface area contributed by atoms with Gasteiger partial charge in [-0.05, 0) is 0 Å². The minimum absolute atomic E-state index is 0.0100. The van der Waals surface area contributed by atoms with Crippen LogP contribution < -0.4 is 4.74 Å². The van der Waals surface area contributed by atoms with Gasteiger partial charge < -0.3 is 13.9 Å². The van der Waals surface area contributed by atoms with Crippen molar-refractivity contribution in [2.45, 2.75) is 17.6 Å². The van der Waals surface area contributed by atoms with Crippen molar-refractivity contribution in [2.24, 2.45) is 0 Å². The minimum Gasteiger partial charge on any atom is -0.467 e. The Hall–Kier alpha value is -3.62. The summed E-state index contributed by atoms with van der Waals surface area (Å²) in [6, 6.07) is 22.7. The molecule has 0 saturated carbocycles. The highest BCUT2D eigenvalue weighted by Crippen LogP contribution is 2.39. The van der Waals surface area contributed by atoms with Crippen LogP contribution in [0.4, 0.5) is 5.69 Å². The molecule has 0 bridgehead atoms. The largest absolute Gasteiger partial charge is 0.467 e. The quantitative estimate of drug-likeness (QED) is 0.202. The molecule has 0 unspecified atom stereocenters. The number of oxazole rings is 1. The van der Waals surface area contributed by atoms with E-state index >= 15 is 0 Å². The summed E-state index contributed by atoms with van der Waals surface area (Å²) in [5.41, 5.74) is 4.03. The van der Waals surface area contributed by atoms with E-state index in [-0.39, 0.29) is 19.1 Å². The number of ether oxygens (including phenoxy) is 2. The van der Waals surface area contributed by atoms with Gasteiger partial charge in [-0.2, -0.15) is 0 Å². The van der Waals surface area contributed by atoms with E-state index in [4.69, 9.17) is 18.9 Å². The second-order valence-corrected chi connectivity index (χ2v) is 8.07. The Labute approximate surface area is 188 Å². The van der Waals surface area contributed by atoms with Crippen LogP contribution in [0.25, 0.3) is 22.6 Å². The van der Waals surface area contributed by atoms with Crippen molar-refractivity contribution in [2.75, 3.05) is 6.79 Å². The molecule has 0 amide bonds. The number of benzene rings is 3. The topological polar surface area (TPSA) is 87.6 Å². The summed E-state index contributed by atoms with van der Waals surface area (Å²) in [6.45, 7) is 0.405. The zero-order valence-corrected chi connectivity index (χ0v) is 17.7. The second kappa shape index (κ2) is 8.86. The highest BCUT2D eigenvalue weighted by atomic mass is 32.2. The normalized spacial score (nSPS) is 12.8. The lowest BCUT2D eigenvalue weighted by atomic mass is 10.1. The molecular weight excluding hydrogens is 428 g/mol. The van der Waals surface area contributed by atoms with Gasteiger partial charge in [-0.3, -0.25) is 10.1 Å². The number of nitro groups is 1. The molecule has 2 heterocycles. The van der Waals surface area contributed by atoms with E-state index in [0.717, 1.165) is 16.8 Å². The summed E-state index contributed by atoms with van der Waals surface area (Å²) in [7, 11) is 0. The van der Waals surface area contributed by atoms with E-state index < -0.39 is 4.92 Å². The van der Waals surface area contributed by atoms with Crippen molar-refractivity contribution in [3.05, 3.63) is 94.0 Å². The van der Waals surface area contributed by atoms with E-state index in [0.29, 0.717) is 33.6 Å². The third kappa shape index (κ3) is 4.10. The second-order valence-electron chi connectivity index (χ2n) is 7.14. The summed E-state index contributed by atoms with van der Waals surface area (Å²) < 4.78 is 17.1. The minimum atomic E-state index is -0.408. The highest BCUT2D eigenvalue weighted by molar-refractivity contribution is 7.98. The van der Waals surface area contributed by atoms with Gasteiger partial charge in [0, 0.05) is 40.1 Å². The number of fused-ring (bicyclic) bond motifs is 1. The van der Waals surface area contributed by atoms with E-state index in [1.807, 2.05) is 60.7 Å². The molecule has 5 rings (SSSR count). The maximum Gasteiger partial charge on any atom is 0.270 e. The third-order valence-electron chi connectivity index (χ3n) is 5.02. The fourth-order valence-electron chi connectivity index (χ4n) is 3.57. The van der Waals surface area contributed by atoms with Crippen LogP contribution >= 0.6 is 11.8 Å². The maximum atomic E-state index is 11.4. The van der Waals surface area contributed by atoms with Crippen molar-refractivity contribution in [3.8, 4) is 28.3 Å². The first kappa shape index (κ1) is 20.3. The van der Waals surface area contributed by atoms with Crippen molar-refractivity contribution in [1.29, 1.82) is 0 Å². The monoisotopic (exact) mass is 446 g/mol. The van der Waals surface area contributed by atoms with Crippen LogP contribution in [-0.2, 0) is 17.1 Å². The molecule has 3 aromatic carbocycles. The number of nitrogens with zero attached hydrogens (tertiary/aromatic N) is 2. The van der Waals surface area contributed by atoms with Gasteiger partial charge in [-0.1, -0.05) is 72.4 Å². The summed E-state index contributed by atoms with van der Waals surface area (Å²) in [5.74, 6) is 1.73. The van der Waals surface area contributed by atoms with Gasteiger partial charge in [0.25, 0.3) is 10.9 Å². The number of nitro benzene ring substituents is 1. The van der Waals surface area contributed by atoms with Crippen LogP contribution in [0.1, 0.15) is 11.1 Å². The third-order valence-corrected chi connectivity index (χ3v) is 5.90. The molecule has 1 aromatic heterocycles. The van der Waals surface area contributed by atoms with Crippen molar-refractivity contribution in [1.82, 2.24) is 4.98 Å². The summed E-state index contributed by atoms with van der Waals surface area (Å²) in [4.78, 5) is 15.7. The molecule has 0 atom stereocenters. The molecule has 0 radical (unpaired) electrons. The standard InChI is InChI=1S/C24H18N2O5S/c27-26(28)20-11-18-13-29-15-30-22(18)19(12-20)14-32-24-25-21(16-7-3-1-4-8-16)23(31-24)17-9-5-2-6-10-17/h1-12H,13-15H2. The zero-order chi connectivity index (χ0) is 21.9. The van der Waals surface area contributed by atoms with Crippen LogP contribution in [0.2, 0.25) is 0 Å². The summed E-state index contributed by atoms with van der Waals surface area (Å²) >= 11 is 1.37. The Morgan fingerprint density at radius 2 is 1.72 bits per heavy atom. The molecule has 4 aromatic rings. The number of non-ortho nitro benzene ring substituents is 1. The Kier molecular flexibility index (Phi) is 5.62. The molecule has 0 aliphatic carbocycles. The van der Waals surface area contributed by atoms with E-state index in [9.17, 15) is 10.1 Å². The van der Waals surface area contributed by atoms with Crippen LogP contribution in [0, 0.1) is 10.1 Å². The fourth-order valence-corrected chi connectivity index (χ4v) is 4.36. The predicted octanol–water partition coefficient (Wildman–Crippen LogP) is 6.08. The summed E-state index contributed by atoms with van der Waals surface area (Å²) in [6.07, 6.45) is 0. The number of rotatable bonds is 6. The predicted molar refractivity (Wildman–Crippen MR) is 120 cm³/mol. The molecule has 1 aliphatic rings. The number of thioether (sulfide) groups is 1. The lowest BCUT2D eigenvalue weighted by Crippen LogP contribution is -2.13. The molecule has 0 spiro atoms. The van der Waals surface area contributed by atoms with Crippen molar-refractivity contribution >= 4 is 17.4 Å². The fraction of sp³-hybridized carbons (Fsp3) is 0.125. The lowest BCUT2D eigenvalue weighted by molar-refractivity contribution is -0.385. The lowest BCUT2D eigenvalue weighted by Gasteiger charge is -2.20. The van der Waals surface area contributed by atoms with Crippen LogP contribution in [0.3, 0.4) is 0 Å². The van der Waals surface area contributed by atoms with Crippen LogP contribution in [0.15, 0.2) is 82.4 Å². The molecule has 1 aliphatic heterocycles. The van der Waals surface area contributed by atoms with E-state index in [1.165, 1.54) is 23.9 Å². The molecule has 160 valence electrons. The zero-order valence-electron chi connectivity index (χ0n) is 16.9. The van der Waals surface area contributed by atoms with Gasteiger partial charge in [-0.15, -0.1) is 0 Å². The Bertz CT molecular complexity index is 1200. The summed E-state index contributed by atoms with van der Waals surface area (Å²) in [5, 5.41) is 11.8. The average Bonchev–Trinajstić information content (AvgIpc) is 3.28. The SMILES string of the molecule is O=[N+]([O-])c1cc2c(c(CSc3nc(-c4ccccc4)c(-c4ccccc4)o3)c1)OCOC2. The highest BCUT2D eigenvalue weighted by Gasteiger charge is 2.22. The van der Waals surface area contributed by atoms with Gasteiger partial charge in [0.15, 0.2) is 12.6 Å². The number of aromatic nitrogens is 1. The average molecular weight is 446 g/mol. The Morgan fingerprint density at radius 1 is 1.00 bits per heavy atom. The molecular formula is C24H18N2O5S. The molecule has 0 saturated heterocycles. The van der Waals surface area contributed by atoms with Gasteiger partial charge in [0.2, 0.25) is 0 Å². The first-order valence-electron chi connectivity index (χ1n) is 9.94. The smallest absolute Gasteiger partial charge is 0.270 e. The van der Waals surface area contributed by atoms with E-state index in [1.54, 1.807) is 0 Å². The first-order chi connectivity index (χ1) is 15.7. The van der Waals surface area contributed by atoms with Crippen LogP contribution in [0.5, 0.6) is 5.75 Å². The Balaban J connectivity index is 1.49. The van der Waals surface area contributed by atoms with Gasteiger partial charge >= 0.3 is 0 Å². The Morgan fingerprint density at radius 3 is 2.44 bits per heavy atom. The number of hydrogen-bond donors (Lipinski definition) is 0. The van der Waals surface area contributed by atoms with Crippen molar-refractivity contribution < 1.29 is 18.8 Å². The first-order valence-corrected chi connectivity index (χ1v) is 10.9. The maximum absolute atomic E-state index is 11.4. The molecule has 0 fully saturated rings. The van der Waals surface area contributed by atoms with Gasteiger partial charge in [-0.25, -0.2) is 4.98 Å². The van der Waals surface area contributed by atoms with Gasteiger partial charge in [0.1, 0.15) is 11.4 Å². The molecule has 32 heavy (non-hydrogen) atoms. The van der Waals surface area contributed by atoms with Crippen LogP contribution in [-0.4, -0.2) is 16.7 Å². The molecule has 7 nitrogen and oxygen atoms in total. The van der Waals surface area contributed by atoms with E-state index in [2.05, 4.69) is 0 Å². The van der Waals surface area contributed by atoms with Crippen molar-refractivity contribution in [3.63, 3.8) is 0 Å². The van der Waals surface area contributed by atoms with Gasteiger partial charge in [0.05, 0.1) is 11.5 Å². The molecule has 8 heteroatoms. The number of hydrogen-bond acceptors (Lipinski definition) is 7. The molecule has 0 N–H and O–H groups in total.